The predicted octanol–water partition coefficient (Wildman–Crippen LogP) is 2.50. The summed E-state index contributed by atoms with van der Waals surface area (Å²) in [4.78, 5) is 25.0. The van der Waals surface area contributed by atoms with Crippen molar-refractivity contribution >= 4 is 5.91 Å². The molecule has 1 N–H and O–H groups in total. The summed E-state index contributed by atoms with van der Waals surface area (Å²) >= 11 is 0. The molecule has 0 radical (unpaired) electrons. The van der Waals surface area contributed by atoms with E-state index >= 15 is 0 Å². The fraction of sp³-hybridized carbons (Fsp3) is 0.368. The number of carbonyl (C=O) groups excluding carboxylic acids is 1. The normalized spacial score (nSPS) is 13.5. The minimum Gasteiger partial charge on any atom is -0.348 e. The van der Waals surface area contributed by atoms with Crippen LogP contribution in [0.25, 0.3) is 0 Å². The van der Waals surface area contributed by atoms with Crippen molar-refractivity contribution in [3.63, 3.8) is 0 Å². The minimum atomic E-state index is -0.259. The Morgan fingerprint density at radius 3 is 2.61 bits per heavy atom. The van der Waals surface area contributed by atoms with E-state index in [0.29, 0.717) is 12.1 Å². The molecule has 23 heavy (non-hydrogen) atoms. The first-order chi connectivity index (χ1) is 11.1. The molecule has 0 bridgehead atoms. The number of nitrogens with one attached hydrogen (secondary N) is 1. The van der Waals surface area contributed by atoms with E-state index in [1.807, 2.05) is 37.4 Å². The SMILES string of the molecule is Cc1ccc(CNC(=O)c2c3c(cn(C)c2=O)CCCC3)cc1. The van der Waals surface area contributed by atoms with Gasteiger partial charge in [0.15, 0.2) is 0 Å². The third-order valence-corrected chi connectivity index (χ3v) is 4.50. The Balaban J connectivity index is 1.86. The number of aromatic nitrogens is 1. The first-order valence-corrected chi connectivity index (χ1v) is 8.11. The van der Waals surface area contributed by atoms with Crippen LogP contribution < -0.4 is 10.9 Å². The Kier molecular flexibility index (Phi) is 4.33. The van der Waals surface area contributed by atoms with Crippen molar-refractivity contribution in [3.05, 3.63) is 68.6 Å². The lowest BCUT2D eigenvalue weighted by Gasteiger charge is -2.20. The number of nitrogens with zero attached hydrogens (tertiary/aromatic N) is 1. The van der Waals surface area contributed by atoms with Crippen molar-refractivity contribution in [1.29, 1.82) is 0 Å². The quantitative estimate of drug-likeness (QED) is 0.947. The predicted molar refractivity (Wildman–Crippen MR) is 90.7 cm³/mol. The van der Waals surface area contributed by atoms with Crippen LogP contribution in [0.4, 0.5) is 0 Å². The number of carbonyl (C=O) groups is 1. The summed E-state index contributed by atoms with van der Waals surface area (Å²) in [7, 11) is 1.72. The molecule has 1 heterocycles. The number of hydrogen-bond acceptors (Lipinski definition) is 2. The van der Waals surface area contributed by atoms with Crippen molar-refractivity contribution < 1.29 is 4.79 Å². The minimum absolute atomic E-state index is 0.202. The van der Waals surface area contributed by atoms with Crippen LogP contribution in [0.15, 0.2) is 35.3 Å². The number of aryl methyl sites for hydroxylation is 3. The van der Waals surface area contributed by atoms with Crippen LogP contribution in [0.5, 0.6) is 0 Å². The van der Waals surface area contributed by atoms with E-state index < -0.39 is 0 Å². The molecule has 0 fully saturated rings. The second-order valence-electron chi connectivity index (χ2n) is 6.30. The van der Waals surface area contributed by atoms with Crippen LogP contribution in [0, 0.1) is 6.92 Å². The second-order valence-corrected chi connectivity index (χ2v) is 6.30. The maximum Gasteiger partial charge on any atom is 0.263 e. The molecule has 4 nitrogen and oxygen atoms in total. The summed E-state index contributed by atoms with van der Waals surface area (Å²) in [6.07, 6.45) is 5.81. The van der Waals surface area contributed by atoms with Gasteiger partial charge in [0.2, 0.25) is 0 Å². The summed E-state index contributed by atoms with van der Waals surface area (Å²) in [6.45, 7) is 2.47. The second kappa shape index (κ2) is 6.41. The third-order valence-electron chi connectivity index (χ3n) is 4.50. The van der Waals surface area contributed by atoms with E-state index in [4.69, 9.17) is 0 Å². The van der Waals surface area contributed by atoms with E-state index in [1.165, 1.54) is 10.1 Å². The number of pyridine rings is 1. The van der Waals surface area contributed by atoms with Crippen LogP contribution in [0.2, 0.25) is 0 Å². The Labute approximate surface area is 136 Å². The fourth-order valence-electron chi connectivity index (χ4n) is 3.17. The Bertz CT molecular complexity index is 788. The maximum absolute atomic E-state index is 12.6. The van der Waals surface area contributed by atoms with Gasteiger partial charge in [-0.2, -0.15) is 0 Å². The zero-order valence-corrected chi connectivity index (χ0v) is 13.7. The highest BCUT2D eigenvalue weighted by Gasteiger charge is 2.22. The highest BCUT2D eigenvalue weighted by molar-refractivity contribution is 5.95. The first kappa shape index (κ1) is 15.5. The van der Waals surface area contributed by atoms with Crippen molar-refractivity contribution in [1.82, 2.24) is 9.88 Å². The standard InChI is InChI=1S/C19H22N2O2/c1-13-7-9-14(10-8-13)11-20-18(22)17-16-6-4-3-5-15(16)12-21(2)19(17)23/h7-10,12H,3-6,11H2,1-2H3,(H,20,22). The number of hydrogen-bond donors (Lipinski definition) is 1. The molecule has 0 aliphatic heterocycles. The number of rotatable bonds is 3. The lowest BCUT2D eigenvalue weighted by Crippen LogP contribution is -2.35. The molecule has 1 aromatic carbocycles. The molecule has 0 unspecified atom stereocenters. The highest BCUT2D eigenvalue weighted by Crippen LogP contribution is 2.22. The van der Waals surface area contributed by atoms with Gasteiger partial charge in [-0.05, 0) is 49.3 Å². The summed E-state index contributed by atoms with van der Waals surface area (Å²) < 4.78 is 1.53. The molecule has 0 atom stereocenters. The molecular weight excluding hydrogens is 288 g/mol. The monoisotopic (exact) mass is 310 g/mol. The molecule has 0 saturated carbocycles. The van der Waals surface area contributed by atoms with Gasteiger partial charge in [0.05, 0.1) is 0 Å². The largest absolute Gasteiger partial charge is 0.348 e. The van der Waals surface area contributed by atoms with Crippen LogP contribution in [0.1, 0.15) is 45.5 Å². The van der Waals surface area contributed by atoms with E-state index in [-0.39, 0.29) is 11.5 Å². The summed E-state index contributed by atoms with van der Waals surface area (Å²) in [5, 5.41) is 2.90. The zero-order chi connectivity index (χ0) is 16.4. The van der Waals surface area contributed by atoms with Gasteiger partial charge in [0, 0.05) is 19.8 Å². The van der Waals surface area contributed by atoms with Crippen molar-refractivity contribution in [2.24, 2.45) is 7.05 Å². The fourth-order valence-corrected chi connectivity index (χ4v) is 3.17. The number of amides is 1. The number of benzene rings is 1. The van der Waals surface area contributed by atoms with Crippen molar-refractivity contribution in [2.75, 3.05) is 0 Å². The molecule has 3 rings (SSSR count). The molecule has 2 aromatic rings. The molecule has 0 saturated heterocycles. The van der Waals surface area contributed by atoms with Crippen molar-refractivity contribution in [3.8, 4) is 0 Å². The molecule has 1 aromatic heterocycles. The Hall–Kier alpha value is -2.36. The van der Waals surface area contributed by atoms with E-state index in [2.05, 4.69) is 5.32 Å². The number of fused-ring (bicyclic) bond motifs is 1. The van der Waals surface area contributed by atoms with Gasteiger partial charge in [0.25, 0.3) is 11.5 Å². The summed E-state index contributed by atoms with van der Waals surface area (Å²) in [5.74, 6) is -0.259. The molecule has 1 aliphatic rings. The topological polar surface area (TPSA) is 51.1 Å². The first-order valence-electron chi connectivity index (χ1n) is 8.11. The van der Waals surface area contributed by atoms with Gasteiger partial charge in [-0.15, -0.1) is 0 Å². The smallest absolute Gasteiger partial charge is 0.263 e. The molecule has 0 spiro atoms. The van der Waals surface area contributed by atoms with Gasteiger partial charge in [-0.1, -0.05) is 29.8 Å². The average molecular weight is 310 g/mol. The van der Waals surface area contributed by atoms with Crippen LogP contribution >= 0.6 is 0 Å². The zero-order valence-electron chi connectivity index (χ0n) is 13.7. The highest BCUT2D eigenvalue weighted by atomic mass is 16.2. The van der Waals surface area contributed by atoms with Gasteiger partial charge >= 0.3 is 0 Å². The van der Waals surface area contributed by atoms with E-state index in [9.17, 15) is 9.59 Å². The van der Waals surface area contributed by atoms with Gasteiger partial charge in [0.1, 0.15) is 5.56 Å². The average Bonchev–Trinajstić information content (AvgIpc) is 2.55. The van der Waals surface area contributed by atoms with Crippen LogP contribution in [-0.4, -0.2) is 10.5 Å². The molecule has 120 valence electrons. The maximum atomic E-state index is 12.6. The lowest BCUT2D eigenvalue weighted by molar-refractivity contribution is 0.0947. The Morgan fingerprint density at radius 1 is 1.17 bits per heavy atom. The van der Waals surface area contributed by atoms with Gasteiger partial charge in [-0.3, -0.25) is 9.59 Å². The van der Waals surface area contributed by atoms with E-state index in [1.54, 1.807) is 7.05 Å². The summed E-state index contributed by atoms with van der Waals surface area (Å²) in [6, 6.07) is 8.03. The van der Waals surface area contributed by atoms with Gasteiger partial charge in [-0.25, -0.2) is 0 Å². The van der Waals surface area contributed by atoms with Gasteiger partial charge < -0.3 is 9.88 Å². The third kappa shape index (κ3) is 3.21. The van der Waals surface area contributed by atoms with E-state index in [0.717, 1.165) is 42.4 Å². The van der Waals surface area contributed by atoms with Crippen molar-refractivity contribution in [2.45, 2.75) is 39.2 Å². The molecular formula is C19H22N2O2. The molecule has 1 amide bonds. The Morgan fingerprint density at radius 2 is 1.87 bits per heavy atom. The lowest BCUT2D eigenvalue weighted by atomic mass is 9.89. The summed E-state index contributed by atoms with van der Waals surface area (Å²) in [5.41, 5.74) is 4.43. The van der Waals surface area contributed by atoms with Crippen LogP contribution in [0.3, 0.4) is 0 Å². The van der Waals surface area contributed by atoms with Crippen LogP contribution in [-0.2, 0) is 26.4 Å². The molecule has 4 heteroatoms. The molecule has 1 aliphatic carbocycles.